The molecule has 1 aromatic rings. The molecule has 1 aromatic carbocycles. The lowest BCUT2D eigenvalue weighted by molar-refractivity contribution is 0.427. The molecule has 4 nitrogen and oxygen atoms in total. The molecule has 0 atom stereocenters. The fraction of sp³-hybridized carbons (Fsp3) is 0.455. The third-order valence-electron chi connectivity index (χ3n) is 2.75. The Morgan fingerprint density at radius 1 is 1.18 bits per heavy atom. The van der Waals surface area contributed by atoms with Gasteiger partial charge in [0.05, 0.1) is 0 Å². The van der Waals surface area contributed by atoms with Crippen LogP contribution in [0.15, 0.2) is 29.2 Å². The zero-order valence-electron chi connectivity index (χ0n) is 9.39. The van der Waals surface area contributed by atoms with E-state index in [1.54, 1.807) is 0 Å². The van der Waals surface area contributed by atoms with E-state index >= 15 is 0 Å². The van der Waals surface area contributed by atoms with E-state index in [1.165, 1.54) is 28.6 Å². The van der Waals surface area contributed by atoms with Crippen molar-refractivity contribution in [1.29, 1.82) is 0 Å². The minimum Gasteiger partial charge on any atom is -0.315 e. The standard InChI is InChI=1S/C11H15FN2O2S/c12-10-4-1-2-5-11(10)17(15,16)14-8-3-6-13-7-9-14/h1-2,4-5,13H,3,6-9H2. The van der Waals surface area contributed by atoms with Gasteiger partial charge in [0, 0.05) is 19.6 Å². The van der Waals surface area contributed by atoms with E-state index in [1.807, 2.05) is 0 Å². The van der Waals surface area contributed by atoms with Gasteiger partial charge in [0.15, 0.2) is 0 Å². The van der Waals surface area contributed by atoms with E-state index in [9.17, 15) is 12.8 Å². The van der Waals surface area contributed by atoms with Gasteiger partial charge >= 0.3 is 0 Å². The van der Waals surface area contributed by atoms with Crippen molar-refractivity contribution in [3.8, 4) is 0 Å². The highest BCUT2D eigenvalue weighted by molar-refractivity contribution is 7.89. The van der Waals surface area contributed by atoms with Gasteiger partial charge < -0.3 is 5.32 Å². The number of nitrogens with zero attached hydrogens (tertiary/aromatic N) is 1. The number of hydrogen-bond acceptors (Lipinski definition) is 3. The Morgan fingerprint density at radius 3 is 2.71 bits per heavy atom. The zero-order chi connectivity index (χ0) is 12.3. The van der Waals surface area contributed by atoms with Crippen LogP contribution in [0.1, 0.15) is 6.42 Å². The van der Waals surface area contributed by atoms with Crippen LogP contribution in [0, 0.1) is 5.82 Å². The molecular formula is C11H15FN2O2S. The second-order valence-corrected chi connectivity index (χ2v) is 5.84. The Bertz CT molecular complexity index is 482. The van der Waals surface area contributed by atoms with Crippen molar-refractivity contribution in [2.24, 2.45) is 0 Å². The number of halogens is 1. The first-order chi connectivity index (χ1) is 8.12. The maximum absolute atomic E-state index is 13.5. The summed E-state index contributed by atoms with van der Waals surface area (Å²) in [6, 6.07) is 5.50. The lowest BCUT2D eigenvalue weighted by atomic mass is 10.3. The summed E-state index contributed by atoms with van der Waals surface area (Å²) in [6.45, 7) is 2.22. The molecule has 17 heavy (non-hydrogen) atoms. The summed E-state index contributed by atoms with van der Waals surface area (Å²) in [5, 5.41) is 3.12. The number of nitrogens with one attached hydrogen (secondary N) is 1. The molecule has 0 aromatic heterocycles. The van der Waals surface area contributed by atoms with Gasteiger partial charge in [-0.3, -0.25) is 0 Å². The second kappa shape index (κ2) is 5.12. The Balaban J connectivity index is 2.32. The van der Waals surface area contributed by atoms with Crippen molar-refractivity contribution in [3.63, 3.8) is 0 Å². The number of rotatable bonds is 2. The van der Waals surface area contributed by atoms with Crippen LogP contribution in [-0.2, 0) is 10.0 Å². The molecule has 1 aliphatic rings. The van der Waals surface area contributed by atoms with Crippen LogP contribution in [0.25, 0.3) is 0 Å². The highest BCUT2D eigenvalue weighted by Crippen LogP contribution is 2.19. The molecule has 0 radical (unpaired) electrons. The van der Waals surface area contributed by atoms with Gasteiger partial charge in [-0.05, 0) is 25.1 Å². The SMILES string of the molecule is O=S(=O)(c1ccccc1F)N1CCCNCC1. The molecule has 0 bridgehead atoms. The van der Waals surface area contributed by atoms with Gasteiger partial charge in [0.25, 0.3) is 0 Å². The van der Waals surface area contributed by atoms with Gasteiger partial charge in [-0.2, -0.15) is 4.31 Å². The lowest BCUT2D eigenvalue weighted by Gasteiger charge is -2.19. The predicted octanol–water partition coefficient (Wildman–Crippen LogP) is 0.810. The molecule has 6 heteroatoms. The lowest BCUT2D eigenvalue weighted by Crippen LogP contribution is -2.34. The second-order valence-electron chi connectivity index (χ2n) is 3.94. The summed E-state index contributed by atoms with van der Waals surface area (Å²) in [5.41, 5.74) is 0. The van der Waals surface area contributed by atoms with Gasteiger partial charge in [-0.25, -0.2) is 12.8 Å². The highest BCUT2D eigenvalue weighted by Gasteiger charge is 2.27. The predicted molar refractivity (Wildman–Crippen MR) is 62.6 cm³/mol. The fourth-order valence-electron chi connectivity index (χ4n) is 1.85. The molecule has 0 aliphatic carbocycles. The maximum atomic E-state index is 13.5. The molecule has 0 unspecified atom stereocenters. The Hall–Kier alpha value is -0.980. The van der Waals surface area contributed by atoms with Crippen LogP contribution >= 0.6 is 0 Å². The van der Waals surface area contributed by atoms with E-state index < -0.39 is 15.8 Å². The summed E-state index contributed by atoms with van der Waals surface area (Å²) < 4.78 is 39.3. The molecule has 1 saturated heterocycles. The van der Waals surface area contributed by atoms with E-state index in [-0.39, 0.29) is 4.90 Å². The Morgan fingerprint density at radius 2 is 1.94 bits per heavy atom. The first kappa shape index (κ1) is 12.5. The van der Waals surface area contributed by atoms with Crippen LogP contribution in [-0.4, -0.2) is 38.9 Å². The van der Waals surface area contributed by atoms with E-state index in [0.717, 1.165) is 13.0 Å². The van der Waals surface area contributed by atoms with Crippen molar-refractivity contribution < 1.29 is 12.8 Å². The van der Waals surface area contributed by atoms with Crippen molar-refractivity contribution in [2.75, 3.05) is 26.2 Å². The third-order valence-corrected chi connectivity index (χ3v) is 4.69. The van der Waals surface area contributed by atoms with Gasteiger partial charge in [-0.1, -0.05) is 12.1 Å². The summed E-state index contributed by atoms with van der Waals surface area (Å²) in [5.74, 6) is -0.690. The van der Waals surface area contributed by atoms with Crippen molar-refractivity contribution in [1.82, 2.24) is 9.62 Å². The summed E-state index contributed by atoms with van der Waals surface area (Å²) in [6.07, 6.45) is 0.744. The van der Waals surface area contributed by atoms with Crippen LogP contribution in [0.4, 0.5) is 4.39 Å². The van der Waals surface area contributed by atoms with Gasteiger partial charge in [0.1, 0.15) is 10.7 Å². The minimum absolute atomic E-state index is 0.234. The third kappa shape index (κ3) is 2.65. The molecule has 0 amide bonds. The van der Waals surface area contributed by atoms with E-state index in [2.05, 4.69) is 5.32 Å². The largest absolute Gasteiger partial charge is 0.315 e. The van der Waals surface area contributed by atoms with Crippen molar-refractivity contribution >= 4 is 10.0 Å². The number of hydrogen-bond donors (Lipinski definition) is 1. The molecular weight excluding hydrogens is 243 g/mol. The first-order valence-corrected chi connectivity index (χ1v) is 7.02. The molecule has 0 spiro atoms. The van der Waals surface area contributed by atoms with E-state index in [4.69, 9.17) is 0 Å². The summed E-state index contributed by atoms with van der Waals surface area (Å²) >= 11 is 0. The van der Waals surface area contributed by atoms with E-state index in [0.29, 0.717) is 19.6 Å². The minimum atomic E-state index is -3.70. The van der Waals surface area contributed by atoms with Crippen LogP contribution < -0.4 is 5.32 Å². The maximum Gasteiger partial charge on any atom is 0.246 e. The molecule has 1 N–H and O–H groups in total. The first-order valence-electron chi connectivity index (χ1n) is 5.58. The topological polar surface area (TPSA) is 49.4 Å². The fourth-order valence-corrected chi connectivity index (χ4v) is 3.40. The monoisotopic (exact) mass is 258 g/mol. The quantitative estimate of drug-likeness (QED) is 0.854. The van der Waals surface area contributed by atoms with Crippen LogP contribution in [0.5, 0.6) is 0 Å². The van der Waals surface area contributed by atoms with Gasteiger partial charge in [-0.15, -0.1) is 0 Å². The van der Waals surface area contributed by atoms with Gasteiger partial charge in [0.2, 0.25) is 10.0 Å². The number of benzene rings is 1. The smallest absolute Gasteiger partial charge is 0.246 e. The van der Waals surface area contributed by atoms with Crippen LogP contribution in [0.3, 0.4) is 0 Å². The average molecular weight is 258 g/mol. The Kier molecular flexibility index (Phi) is 3.76. The normalized spacial score (nSPS) is 18.9. The van der Waals surface area contributed by atoms with Crippen molar-refractivity contribution in [2.45, 2.75) is 11.3 Å². The summed E-state index contributed by atoms with van der Waals surface area (Å²) in [4.78, 5) is -0.234. The molecule has 94 valence electrons. The van der Waals surface area contributed by atoms with Crippen LogP contribution in [0.2, 0.25) is 0 Å². The average Bonchev–Trinajstić information content (AvgIpc) is 2.58. The molecule has 0 saturated carbocycles. The molecule has 1 aliphatic heterocycles. The van der Waals surface area contributed by atoms with Crippen molar-refractivity contribution in [3.05, 3.63) is 30.1 Å². The zero-order valence-corrected chi connectivity index (χ0v) is 10.2. The molecule has 2 rings (SSSR count). The highest BCUT2D eigenvalue weighted by atomic mass is 32.2. The molecule has 1 heterocycles. The molecule has 1 fully saturated rings. The number of sulfonamides is 1. The summed E-state index contributed by atoms with van der Waals surface area (Å²) in [7, 11) is -3.70. The Labute approximate surface area is 100 Å².